The second kappa shape index (κ2) is 55.2. The van der Waals surface area contributed by atoms with Crippen molar-refractivity contribution >= 4 is 11.9 Å². The van der Waals surface area contributed by atoms with Gasteiger partial charge in [0.2, 0.25) is 5.91 Å². The lowest BCUT2D eigenvalue weighted by molar-refractivity contribution is -0.151. The van der Waals surface area contributed by atoms with Gasteiger partial charge in [0.25, 0.3) is 0 Å². The fraction of sp³-hybridized carbons (Fsp3) is 0.774. The first-order valence-corrected chi connectivity index (χ1v) is 29.2. The van der Waals surface area contributed by atoms with E-state index in [0.29, 0.717) is 19.3 Å². The van der Waals surface area contributed by atoms with Gasteiger partial charge in [-0.2, -0.15) is 0 Å². The lowest BCUT2D eigenvalue weighted by atomic mass is 10.0. The van der Waals surface area contributed by atoms with Gasteiger partial charge in [0.1, 0.15) is 6.10 Å². The number of ether oxygens (including phenoxy) is 1. The van der Waals surface area contributed by atoms with Crippen LogP contribution in [-0.4, -0.2) is 46.9 Å². The van der Waals surface area contributed by atoms with E-state index in [1.54, 1.807) is 0 Å². The van der Waals surface area contributed by atoms with Crippen molar-refractivity contribution in [2.24, 2.45) is 0 Å². The first-order valence-electron chi connectivity index (χ1n) is 29.2. The zero-order valence-electron chi connectivity index (χ0n) is 45.0. The van der Waals surface area contributed by atoms with Crippen molar-refractivity contribution in [3.8, 4) is 0 Å². The van der Waals surface area contributed by atoms with Crippen molar-refractivity contribution in [3.63, 3.8) is 0 Å². The van der Waals surface area contributed by atoms with Crippen molar-refractivity contribution in [2.75, 3.05) is 6.61 Å². The standard InChI is InChI=1S/C62H111NO5/c1-4-7-10-13-16-19-22-25-28-30-31-32-34-37-40-43-46-49-52-55-62(67)68-58(53-50-47-44-41-38-35-33-29-26-23-20-17-14-11-8-5-2)56-61(66)63-59(57-64)60(65)54-51-48-45-42-39-36-27-24-21-18-15-12-9-6-3/h16-17,19-20,23,25-26,28-29,33,35,38,58-60,64-65H,4-15,18,21-22,24,27,30-32,34,36-37,39-57H2,1-3H3,(H,63,66)/b19-16-,20-17+,26-23+,28-25-,33-29+,38-35+. The van der Waals surface area contributed by atoms with E-state index in [1.807, 2.05) is 0 Å². The third-order valence-electron chi connectivity index (χ3n) is 13.1. The summed E-state index contributed by atoms with van der Waals surface area (Å²) in [4.78, 5) is 26.3. The van der Waals surface area contributed by atoms with Crippen LogP contribution in [-0.2, 0) is 14.3 Å². The maximum atomic E-state index is 13.3. The highest BCUT2D eigenvalue weighted by Crippen LogP contribution is 2.18. The summed E-state index contributed by atoms with van der Waals surface area (Å²) in [6.07, 6.45) is 71.0. The van der Waals surface area contributed by atoms with Crippen LogP contribution in [0.25, 0.3) is 0 Å². The molecule has 6 heteroatoms. The predicted molar refractivity (Wildman–Crippen MR) is 296 cm³/mol. The first-order chi connectivity index (χ1) is 33.5. The second-order valence-corrected chi connectivity index (χ2v) is 19.8. The van der Waals surface area contributed by atoms with Crippen LogP contribution in [0.5, 0.6) is 0 Å². The van der Waals surface area contributed by atoms with Crippen LogP contribution in [0.15, 0.2) is 72.9 Å². The Labute approximate surface area is 421 Å². The molecule has 0 aromatic carbocycles. The maximum Gasteiger partial charge on any atom is 0.306 e. The highest BCUT2D eigenvalue weighted by Gasteiger charge is 2.24. The molecule has 0 radical (unpaired) electrons. The lowest BCUT2D eigenvalue weighted by Gasteiger charge is -2.24. The molecule has 1 amide bonds. The summed E-state index contributed by atoms with van der Waals surface area (Å²) in [6, 6.07) is -0.719. The van der Waals surface area contributed by atoms with Gasteiger partial charge < -0.3 is 20.3 Å². The summed E-state index contributed by atoms with van der Waals surface area (Å²) in [6.45, 7) is 6.43. The zero-order chi connectivity index (χ0) is 49.5. The van der Waals surface area contributed by atoms with Crippen LogP contribution in [0.2, 0.25) is 0 Å². The van der Waals surface area contributed by atoms with Crippen LogP contribution in [0.1, 0.15) is 284 Å². The van der Waals surface area contributed by atoms with Crippen LogP contribution in [0.4, 0.5) is 0 Å². The summed E-state index contributed by atoms with van der Waals surface area (Å²) in [7, 11) is 0. The molecule has 394 valence electrons. The summed E-state index contributed by atoms with van der Waals surface area (Å²) in [5.74, 6) is -0.512. The van der Waals surface area contributed by atoms with Gasteiger partial charge in [-0.25, -0.2) is 0 Å². The van der Waals surface area contributed by atoms with Gasteiger partial charge >= 0.3 is 5.97 Å². The molecule has 0 aliphatic heterocycles. The number of carbonyl (C=O) groups is 2. The summed E-state index contributed by atoms with van der Waals surface area (Å²) in [5, 5.41) is 23.9. The van der Waals surface area contributed by atoms with E-state index in [-0.39, 0.29) is 24.9 Å². The number of unbranched alkanes of at least 4 members (excludes halogenated alkanes) is 31. The average Bonchev–Trinajstić information content (AvgIpc) is 3.33. The number of carbonyl (C=O) groups excluding carboxylic acids is 2. The number of nitrogens with one attached hydrogen (secondary N) is 1. The smallest absolute Gasteiger partial charge is 0.306 e. The molecular weight excluding hydrogens is 839 g/mol. The fourth-order valence-corrected chi connectivity index (χ4v) is 8.65. The molecule has 3 unspecified atom stereocenters. The molecule has 3 N–H and O–H groups in total. The first kappa shape index (κ1) is 65.3. The molecule has 0 aromatic rings. The maximum absolute atomic E-state index is 13.3. The number of aliphatic hydroxyl groups is 2. The molecule has 0 saturated carbocycles. The molecule has 0 fully saturated rings. The number of rotatable bonds is 52. The molecule has 0 rings (SSSR count). The Morgan fingerprint density at radius 1 is 0.441 bits per heavy atom. The highest BCUT2D eigenvalue weighted by atomic mass is 16.5. The van der Waals surface area contributed by atoms with Crippen LogP contribution in [0.3, 0.4) is 0 Å². The number of allylic oxidation sites excluding steroid dienone is 12. The molecule has 0 bridgehead atoms. The Kier molecular flexibility index (Phi) is 53.0. The average molecular weight is 951 g/mol. The van der Waals surface area contributed by atoms with E-state index in [2.05, 4.69) is 99.0 Å². The Hall–Kier alpha value is -2.70. The number of hydrogen-bond donors (Lipinski definition) is 3. The number of hydrogen-bond acceptors (Lipinski definition) is 5. The number of amides is 1. The molecule has 3 atom stereocenters. The molecular formula is C62H111NO5. The highest BCUT2D eigenvalue weighted by molar-refractivity contribution is 5.77. The van der Waals surface area contributed by atoms with E-state index in [1.165, 1.54) is 161 Å². The van der Waals surface area contributed by atoms with Gasteiger partial charge in [0.15, 0.2) is 0 Å². The van der Waals surface area contributed by atoms with Gasteiger partial charge in [-0.05, 0) is 83.5 Å². The number of aliphatic hydroxyl groups excluding tert-OH is 2. The van der Waals surface area contributed by atoms with Crippen LogP contribution >= 0.6 is 0 Å². The molecule has 0 aliphatic rings. The Morgan fingerprint density at radius 2 is 0.809 bits per heavy atom. The van der Waals surface area contributed by atoms with Crippen molar-refractivity contribution in [1.29, 1.82) is 0 Å². The van der Waals surface area contributed by atoms with E-state index in [0.717, 1.165) is 77.0 Å². The van der Waals surface area contributed by atoms with E-state index >= 15 is 0 Å². The normalized spacial score (nSPS) is 13.7. The third-order valence-corrected chi connectivity index (χ3v) is 13.1. The Bertz CT molecular complexity index is 1250. The SMILES string of the molecule is CCCCC/C=C\C/C=C\CCCCCCCCCCCC(=O)OC(CCCCC/C=C/C=C/C=C/C=C/CCCCC)CC(=O)NC(CO)C(O)CCCCCCCCCCCCCCCC. The Morgan fingerprint density at radius 3 is 1.29 bits per heavy atom. The van der Waals surface area contributed by atoms with E-state index in [4.69, 9.17) is 4.74 Å². The lowest BCUT2D eigenvalue weighted by Crippen LogP contribution is -2.46. The van der Waals surface area contributed by atoms with Crippen molar-refractivity contribution in [1.82, 2.24) is 5.32 Å². The molecule has 0 heterocycles. The minimum Gasteiger partial charge on any atom is -0.462 e. The fourth-order valence-electron chi connectivity index (χ4n) is 8.65. The van der Waals surface area contributed by atoms with E-state index < -0.39 is 18.2 Å². The van der Waals surface area contributed by atoms with Gasteiger partial charge in [0, 0.05) is 6.42 Å². The van der Waals surface area contributed by atoms with Crippen molar-refractivity contribution < 1.29 is 24.5 Å². The minimum absolute atomic E-state index is 0.0484. The minimum atomic E-state index is -0.803. The van der Waals surface area contributed by atoms with Crippen molar-refractivity contribution in [3.05, 3.63) is 72.9 Å². The quantitative estimate of drug-likeness (QED) is 0.0244. The third kappa shape index (κ3) is 49.7. The molecule has 0 spiro atoms. The molecule has 6 nitrogen and oxygen atoms in total. The van der Waals surface area contributed by atoms with E-state index in [9.17, 15) is 19.8 Å². The summed E-state index contributed by atoms with van der Waals surface area (Å²) < 4.78 is 5.95. The summed E-state index contributed by atoms with van der Waals surface area (Å²) >= 11 is 0. The monoisotopic (exact) mass is 950 g/mol. The zero-order valence-corrected chi connectivity index (χ0v) is 45.0. The predicted octanol–water partition coefficient (Wildman–Crippen LogP) is 18.1. The molecule has 68 heavy (non-hydrogen) atoms. The molecule has 0 aromatic heterocycles. The summed E-state index contributed by atoms with van der Waals surface area (Å²) in [5.41, 5.74) is 0. The Balaban J connectivity index is 4.63. The second-order valence-electron chi connectivity index (χ2n) is 19.8. The topological polar surface area (TPSA) is 95.9 Å². The van der Waals surface area contributed by atoms with Crippen LogP contribution < -0.4 is 5.32 Å². The van der Waals surface area contributed by atoms with Gasteiger partial charge in [0.05, 0.1) is 25.2 Å². The largest absolute Gasteiger partial charge is 0.462 e. The van der Waals surface area contributed by atoms with Crippen molar-refractivity contribution in [2.45, 2.75) is 302 Å². The molecule has 0 saturated heterocycles. The van der Waals surface area contributed by atoms with Gasteiger partial charge in [-0.1, -0.05) is 261 Å². The van der Waals surface area contributed by atoms with Crippen LogP contribution in [0, 0.1) is 0 Å². The van der Waals surface area contributed by atoms with Gasteiger partial charge in [-0.3, -0.25) is 9.59 Å². The number of esters is 1. The molecule has 0 aliphatic carbocycles. The van der Waals surface area contributed by atoms with Gasteiger partial charge in [-0.15, -0.1) is 0 Å².